The average molecular weight is 444 g/mol. The standard InChI is InChI=1S/C18H11Cl2F4N5/c19-11-2-1-3-12(7-11)26-16-8-15(20)27-17(28-16)29-25-9-10-4-5-14(21)13(6-10)18(22,23)24/h1-8H,9H2,(H,26,27,28). The lowest BCUT2D eigenvalue weighted by Crippen LogP contribution is -2.08. The Morgan fingerprint density at radius 2 is 1.79 bits per heavy atom. The largest absolute Gasteiger partial charge is 0.419 e. The molecule has 150 valence electrons. The van der Waals surface area contributed by atoms with Gasteiger partial charge in [0.05, 0.1) is 12.1 Å². The third-order valence-electron chi connectivity index (χ3n) is 3.53. The number of halogens is 6. The second kappa shape index (κ2) is 8.71. The average Bonchev–Trinajstić information content (AvgIpc) is 2.62. The second-order valence-electron chi connectivity index (χ2n) is 5.72. The fraction of sp³-hybridized carbons (Fsp3) is 0.111. The van der Waals surface area contributed by atoms with Crippen LogP contribution in [-0.2, 0) is 12.7 Å². The second-order valence-corrected chi connectivity index (χ2v) is 6.55. The van der Waals surface area contributed by atoms with E-state index in [9.17, 15) is 17.6 Å². The predicted octanol–water partition coefficient (Wildman–Crippen LogP) is 6.97. The summed E-state index contributed by atoms with van der Waals surface area (Å²) in [5.41, 5.74) is -0.583. The highest BCUT2D eigenvalue weighted by Gasteiger charge is 2.34. The van der Waals surface area contributed by atoms with E-state index in [1.54, 1.807) is 24.3 Å². The van der Waals surface area contributed by atoms with Gasteiger partial charge in [-0.25, -0.2) is 4.39 Å². The van der Waals surface area contributed by atoms with Crippen molar-refractivity contribution in [2.24, 2.45) is 10.2 Å². The molecule has 3 aromatic rings. The number of nitrogens with one attached hydrogen (secondary N) is 1. The molecule has 1 aromatic heterocycles. The summed E-state index contributed by atoms with van der Waals surface area (Å²) in [7, 11) is 0. The first-order valence-corrected chi connectivity index (χ1v) is 8.76. The van der Waals surface area contributed by atoms with Crippen molar-refractivity contribution in [1.29, 1.82) is 0 Å². The molecule has 29 heavy (non-hydrogen) atoms. The van der Waals surface area contributed by atoms with Gasteiger partial charge in [0.2, 0.25) is 0 Å². The molecule has 1 N–H and O–H groups in total. The molecule has 11 heteroatoms. The Balaban J connectivity index is 1.75. The quantitative estimate of drug-likeness (QED) is 0.263. The van der Waals surface area contributed by atoms with Gasteiger partial charge in [0.25, 0.3) is 5.95 Å². The molecule has 0 aliphatic rings. The first-order chi connectivity index (χ1) is 13.7. The van der Waals surface area contributed by atoms with Crippen LogP contribution in [0.2, 0.25) is 10.2 Å². The highest BCUT2D eigenvalue weighted by atomic mass is 35.5. The van der Waals surface area contributed by atoms with Crippen LogP contribution < -0.4 is 5.32 Å². The fourth-order valence-electron chi connectivity index (χ4n) is 2.30. The third-order valence-corrected chi connectivity index (χ3v) is 3.96. The molecule has 0 amide bonds. The molecule has 3 rings (SSSR count). The molecule has 0 radical (unpaired) electrons. The van der Waals surface area contributed by atoms with Gasteiger partial charge in [-0.05, 0) is 35.9 Å². The first-order valence-electron chi connectivity index (χ1n) is 8.01. The number of nitrogens with zero attached hydrogens (tertiary/aromatic N) is 4. The molecule has 0 aliphatic carbocycles. The van der Waals surface area contributed by atoms with Gasteiger partial charge >= 0.3 is 6.18 Å². The molecular weight excluding hydrogens is 433 g/mol. The van der Waals surface area contributed by atoms with Crippen LogP contribution in [-0.4, -0.2) is 9.97 Å². The Morgan fingerprint density at radius 3 is 2.52 bits per heavy atom. The first kappa shape index (κ1) is 20.9. The monoisotopic (exact) mass is 443 g/mol. The van der Waals surface area contributed by atoms with E-state index >= 15 is 0 Å². The molecule has 1 heterocycles. The maximum atomic E-state index is 13.3. The van der Waals surface area contributed by atoms with Gasteiger partial charge in [0.1, 0.15) is 16.8 Å². The van der Waals surface area contributed by atoms with Crippen LogP contribution in [0.1, 0.15) is 11.1 Å². The molecule has 0 aliphatic heterocycles. The minimum Gasteiger partial charge on any atom is -0.340 e. The highest BCUT2D eigenvalue weighted by molar-refractivity contribution is 6.31. The number of alkyl halides is 3. The Hall–Kier alpha value is -2.78. The maximum Gasteiger partial charge on any atom is 0.419 e. The zero-order valence-electron chi connectivity index (χ0n) is 14.4. The Morgan fingerprint density at radius 1 is 1.00 bits per heavy atom. The van der Waals surface area contributed by atoms with Crippen molar-refractivity contribution in [3.05, 3.63) is 75.7 Å². The van der Waals surface area contributed by atoms with E-state index in [4.69, 9.17) is 23.2 Å². The summed E-state index contributed by atoms with van der Waals surface area (Å²) in [6.07, 6.45) is -4.80. The molecule has 0 atom stereocenters. The Bertz CT molecular complexity index is 1060. The molecule has 2 aromatic carbocycles. The summed E-state index contributed by atoms with van der Waals surface area (Å²) in [4.78, 5) is 7.99. The van der Waals surface area contributed by atoms with Gasteiger partial charge < -0.3 is 5.32 Å². The number of hydrogen-bond acceptors (Lipinski definition) is 5. The van der Waals surface area contributed by atoms with E-state index in [0.29, 0.717) is 22.6 Å². The molecule has 0 unspecified atom stereocenters. The molecule has 0 fully saturated rings. The lowest BCUT2D eigenvalue weighted by Gasteiger charge is -2.08. The zero-order chi connectivity index (χ0) is 21.0. The maximum absolute atomic E-state index is 13.3. The lowest BCUT2D eigenvalue weighted by molar-refractivity contribution is -0.140. The lowest BCUT2D eigenvalue weighted by atomic mass is 10.1. The predicted molar refractivity (Wildman–Crippen MR) is 101 cm³/mol. The van der Waals surface area contributed by atoms with Crippen LogP contribution >= 0.6 is 23.2 Å². The van der Waals surface area contributed by atoms with Crippen LogP contribution in [0.4, 0.5) is 35.0 Å². The van der Waals surface area contributed by atoms with Crippen LogP contribution in [0, 0.1) is 5.82 Å². The topological polar surface area (TPSA) is 62.5 Å². The van der Waals surface area contributed by atoms with Gasteiger partial charge in [0, 0.05) is 16.8 Å². The molecule has 0 saturated carbocycles. The van der Waals surface area contributed by atoms with Crippen molar-refractivity contribution < 1.29 is 17.6 Å². The molecule has 0 saturated heterocycles. The van der Waals surface area contributed by atoms with Gasteiger partial charge in [0.15, 0.2) is 0 Å². The fourth-order valence-corrected chi connectivity index (χ4v) is 2.67. The van der Waals surface area contributed by atoms with E-state index in [-0.39, 0.29) is 23.2 Å². The molecular formula is C18H11Cl2F4N5. The number of anilines is 2. The minimum atomic E-state index is -4.80. The number of benzene rings is 2. The van der Waals surface area contributed by atoms with Crippen LogP contribution in [0.25, 0.3) is 0 Å². The Labute approximate surface area is 172 Å². The van der Waals surface area contributed by atoms with E-state index < -0.39 is 17.6 Å². The summed E-state index contributed by atoms with van der Waals surface area (Å²) >= 11 is 11.9. The van der Waals surface area contributed by atoms with Crippen molar-refractivity contribution in [2.75, 3.05) is 5.32 Å². The van der Waals surface area contributed by atoms with Crippen LogP contribution in [0.3, 0.4) is 0 Å². The number of azo groups is 1. The summed E-state index contributed by atoms with van der Waals surface area (Å²) in [5.74, 6) is -1.13. The number of rotatable bonds is 5. The normalized spacial score (nSPS) is 11.8. The van der Waals surface area contributed by atoms with E-state index in [2.05, 4.69) is 25.5 Å². The summed E-state index contributed by atoms with van der Waals surface area (Å²) in [6.45, 7) is -0.226. The van der Waals surface area contributed by atoms with Gasteiger partial charge in [-0.1, -0.05) is 35.3 Å². The van der Waals surface area contributed by atoms with E-state index in [0.717, 1.165) is 6.07 Å². The van der Waals surface area contributed by atoms with E-state index in [1.165, 1.54) is 12.1 Å². The van der Waals surface area contributed by atoms with E-state index in [1.807, 2.05) is 0 Å². The van der Waals surface area contributed by atoms with Crippen molar-refractivity contribution in [2.45, 2.75) is 12.7 Å². The summed E-state index contributed by atoms with van der Waals surface area (Å²) in [5, 5.41) is 11.1. The summed E-state index contributed by atoms with van der Waals surface area (Å²) in [6, 6.07) is 10.9. The number of hydrogen-bond donors (Lipinski definition) is 1. The van der Waals surface area contributed by atoms with Crippen molar-refractivity contribution in [1.82, 2.24) is 9.97 Å². The van der Waals surface area contributed by atoms with Crippen molar-refractivity contribution in [3.63, 3.8) is 0 Å². The molecule has 0 spiro atoms. The molecule has 5 nitrogen and oxygen atoms in total. The SMILES string of the molecule is Fc1ccc(CN=Nc2nc(Cl)cc(Nc3cccc(Cl)c3)n2)cc1C(F)(F)F. The third kappa shape index (κ3) is 5.85. The minimum absolute atomic E-state index is 0.0830. The smallest absolute Gasteiger partial charge is 0.340 e. The van der Waals surface area contributed by atoms with Gasteiger partial charge in [-0.15, -0.1) is 5.11 Å². The van der Waals surface area contributed by atoms with Crippen molar-refractivity contribution >= 4 is 40.7 Å². The highest BCUT2D eigenvalue weighted by Crippen LogP contribution is 2.32. The van der Waals surface area contributed by atoms with Crippen LogP contribution in [0.15, 0.2) is 58.8 Å². The van der Waals surface area contributed by atoms with Gasteiger partial charge in [-0.2, -0.15) is 28.3 Å². The molecule has 0 bridgehead atoms. The Kier molecular flexibility index (Phi) is 6.29. The van der Waals surface area contributed by atoms with Gasteiger partial charge in [-0.3, -0.25) is 0 Å². The van der Waals surface area contributed by atoms with Crippen molar-refractivity contribution in [3.8, 4) is 0 Å². The summed E-state index contributed by atoms with van der Waals surface area (Å²) < 4.78 is 51.6. The van der Waals surface area contributed by atoms with Crippen LogP contribution in [0.5, 0.6) is 0 Å². The zero-order valence-corrected chi connectivity index (χ0v) is 15.9. The number of aromatic nitrogens is 2.